The Kier molecular flexibility index (Phi) is 6.54. The predicted molar refractivity (Wildman–Crippen MR) is 208 cm³/mol. The molecule has 2 aromatic heterocycles. The minimum absolute atomic E-state index is 0.367. The number of hydrogen-bond donors (Lipinski definition) is 0. The average molecular weight is 640 g/mol. The molecule has 234 valence electrons. The molecule has 0 saturated heterocycles. The maximum Gasteiger partial charge on any atom is 0.296 e. The zero-order valence-electron chi connectivity index (χ0n) is 28.4. The van der Waals surface area contributed by atoms with Crippen LogP contribution in [0.2, 0.25) is 0 Å². The molecule has 0 bridgehead atoms. The third-order valence-electron chi connectivity index (χ3n) is 10.5. The van der Waals surface area contributed by atoms with Crippen molar-refractivity contribution in [2.45, 2.75) is 46.5 Å². The van der Waals surface area contributed by atoms with Gasteiger partial charge in [0.15, 0.2) is 11.0 Å². The lowest BCUT2D eigenvalue weighted by molar-refractivity contribution is -0.633. The Hall–Kier alpha value is -4.99. The van der Waals surface area contributed by atoms with E-state index in [1.54, 1.807) is 0 Å². The quantitative estimate of drug-likeness (QED) is 0.134. The predicted octanol–water partition coefficient (Wildman–Crippen LogP) is 12.5. The summed E-state index contributed by atoms with van der Waals surface area (Å²) in [5, 5.41) is 10.5. The number of para-hydroxylation sites is 1. The molecule has 2 heterocycles. The number of aromatic nitrogens is 2. The van der Waals surface area contributed by atoms with Gasteiger partial charge in [-0.2, -0.15) is 4.57 Å². The molecule has 0 radical (unpaired) electrons. The number of benzene rings is 7. The topological polar surface area (TPSA) is 8.81 Å². The Bertz CT molecular complexity index is 2730. The van der Waals surface area contributed by atoms with E-state index in [4.69, 9.17) is 0 Å². The molecular weight excluding hydrogens is 601 g/mol. The van der Waals surface area contributed by atoms with Gasteiger partial charge in [0, 0.05) is 37.4 Å². The van der Waals surface area contributed by atoms with Gasteiger partial charge in [0.1, 0.15) is 5.69 Å². The lowest BCUT2D eigenvalue weighted by Gasteiger charge is -2.19. The van der Waals surface area contributed by atoms with Crippen molar-refractivity contribution in [3.8, 4) is 17.1 Å². The Morgan fingerprint density at radius 3 is 1.83 bits per heavy atom. The van der Waals surface area contributed by atoms with Crippen LogP contribution in [0.4, 0.5) is 0 Å². The summed E-state index contributed by atoms with van der Waals surface area (Å²) >= 11 is 1.96. The second-order valence-corrected chi connectivity index (χ2v) is 15.0. The zero-order chi connectivity index (χ0) is 32.8. The van der Waals surface area contributed by atoms with Crippen LogP contribution in [0.25, 0.3) is 80.6 Å². The molecular formula is C45H39N2S+. The minimum Gasteiger partial charge on any atom is -0.225 e. The van der Waals surface area contributed by atoms with Crippen molar-refractivity contribution in [1.82, 2.24) is 4.57 Å². The Morgan fingerprint density at radius 1 is 0.542 bits per heavy atom. The van der Waals surface area contributed by atoms with Crippen molar-refractivity contribution in [1.29, 1.82) is 0 Å². The monoisotopic (exact) mass is 639 g/mol. The van der Waals surface area contributed by atoms with E-state index in [2.05, 4.69) is 166 Å². The molecule has 0 N–H and O–H groups in total. The molecule has 2 nitrogen and oxygen atoms in total. The van der Waals surface area contributed by atoms with Crippen LogP contribution in [-0.2, 0) is 7.05 Å². The highest BCUT2D eigenvalue weighted by atomic mass is 32.1. The number of imidazole rings is 1. The molecule has 48 heavy (non-hydrogen) atoms. The van der Waals surface area contributed by atoms with Crippen molar-refractivity contribution < 1.29 is 4.57 Å². The fraction of sp³-hybridized carbons (Fsp3) is 0.178. The van der Waals surface area contributed by atoms with E-state index in [9.17, 15) is 0 Å². The Morgan fingerprint density at radius 2 is 1.10 bits per heavy atom. The standard InChI is InChI=1S/C45H39N2S/c1-26(2)31-16-11-17-32(27(3)4)41(31)47-42-34-15-10-8-13-30(34)20-25-39(42)46(6)45(47)40-28(5)18-21-38-37-24-23-35-33-14-9-7-12-29(33)19-22-36(35)43(37)48-44(38)40/h7-27H,1-6H3/q+1. The van der Waals surface area contributed by atoms with Crippen molar-refractivity contribution in [2.75, 3.05) is 0 Å². The van der Waals surface area contributed by atoms with Gasteiger partial charge in [0.05, 0.1) is 17.3 Å². The zero-order valence-corrected chi connectivity index (χ0v) is 29.2. The summed E-state index contributed by atoms with van der Waals surface area (Å²) in [6, 6.07) is 43.2. The normalized spacial score (nSPS) is 12.3. The van der Waals surface area contributed by atoms with Gasteiger partial charge in [0.25, 0.3) is 5.82 Å². The third kappa shape index (κ3) is 4.07. The first kappa shape index (κ1) is 29.2. The lowest BCUT2D eigenvalue weighted by Crippen LogP contribution is -2.30. The fourth-order valence-electron chi connectivity index (χ4n) is 8.15. The van der Waals surface area contributed by atoms with E-state index < -0.39 is 0 Å². The van der Waals surface area contributed by atoms with Crippen LogP contribution >= 0.6 is 11.3 Å². The lowest BCUT2D eigenvalue weighted by atomic mass is 9.92. The van der Waals surface area contributed by atoms with Crippen LogP contribution in [0.15, 0.2) is 115 Å². The first-order valence-corrected chi connectivity index (χ1v) is 18.0. The van der Waals surface area contributed by atoms with E-state index in [1.165, 1.54) is 97.3 Å². The molecule has 0 unspecified atom stereocenters. The van der Waals surface area contributed by atoms with Crippen molar-refractivity contribution >= 4 is 74.9 Å². The van der Waals surface area contributed by atoms with E-state index in [0.717, 1.165) is 0 Å². The van der Waals surface area contributed by atoms with Crippen LogP contribution in [0.1, 0.15) is 56.2 Å². The summed E-state index contributed by atoms with van der Waals surface area (Å²) in [5.74, 6) is 1.97. The molecule has 3 heteroatoms. The minimum atomic E-state index is 0.367. The Labute approximate surface area is 285 Å². The van der Waals surface area contributed by atoms with Crippen molar-refractivity contribution in [3.63, 3.8) is 0 Å². The summed E-state index contributed by atoms with van der Waals surface area (Å²) in [4.78, 5) is 0. The van der Waals surface area contributed by atoms with Crippen LogP contribution < -0.4 is 4.57 Å². The number of nitrogens with zero attached hydrogens (tertiary/aromatic N) is 2. The molecule has 0 amide bonds. The summed E-state index contributed by atoms with van der Waals surface area (Å²) in [5.41, 5.74) is 9.22. The van der Waals surface area contributed by atoms with E-state index >= 15 is 0 Å². The molecule has 0 aliphatic heterocycles. The molecule has 0 saturated carbocycles. The summed E-state index contributed by atoms with van der Waals surface area (Å²) in [6.45, 7) is 11.6. The average Bonchev–Trinajstić information content (AvgIpc) is 3.62. The molecule has 0 aliphatic carbocycles. The molecule has 9 aromatic rings. The van der Waals surface area contributed by atoms with Gasteiger partial charge in [-0.25, -0.2) is 4.57 Å². The van der Waals surface area contributed by atoms with E-state index in [0.29, 0.717) is 11.8 Å². The first-order chi connectivity index (χ1) is 23.3. The highest BCUT2D eigenvalue weighted by molar-refractivity contribution is 7.27. The van der Waals surface area contributed by atoms with Gasteiger partial charge in [-0.15, -0.1) is 11.3 Å². The van der Waals surface area contributed by atoms with Crippen LogP contribution in [0.3, 0.4) is 0 Å². The number of rotatable bonds is 4. The third-order valence-corrected chi connectivity index (χ3v) is 11.8. The summed E-state index contributed by atoms with van der Waals surface area (Å²) in [7, 11) is 2.27. The maximum atomic E-state index is 2.64. The number of aryl methyl sites for hydroxylation is 2. The molecule has 7 aromatic carbocycles. The SMILES string of the molecule is Cc1ccc2c(sc3c2ccc2c4ccccc4ccc23)c1-c1n(-c2c(C(C)C)cccc2C(C)C)c2c3ccccc3ccc2[n+]1C. The van der Waals surface area contributed by atoms with Gasteiger partial charge >= 0.3 is 0 Å². The van der Waals surface area contributed by atoms with Crippen molar-refractivity contribution in [2.24, 2.45) is 7.05 Å². The van der Waals surface area contributed by atoms with Gasteiger partial charge in [-0.05, 0) is 64.1 Å². The molecule has 0 atom stereocenters. The largest absolute Gasteiger partial charge is 0.296 e. The van der Waals surface area contributed by atoms with Gasteiger partial charge in [-0.1, -0.05) is 125 Å². The molecule has 9 rings (SSSR count). The Balaban J connectivity index is 1.48. The molecule has 0 spiro atoms. The second kappa shape index (κ2) is 10.8. The highest BCUT2D eigenvalue weighted by Crippen LogP contribution is 2.46. The first-order valence-electron chi connectivity index (χ1n) is 17.2. The fourth-order valence-corrected chi connectivity index (χ4v) is 9.57. The van der Waals surface area contributed by atoms with E-state index in [1.807, 2.05) is 11.3 Å². The van der Waals surface area contributed by atoms with Crippen molar-refractivity contribution in [3.05, 3.63) is 132 Å². The summed E-state index contributed by atoms with van der Waals surface area (Å²) < 4.78 is 7.81. The smallest absolute Gasteiger partial charge is 0.225 e. The highest BCUT2D eigenvalue weighted by Gasteiger charge is 2.34. The number of thiophene rings is 1. The number of hydrogen-bond acceptors (Lipinski definition) is 1. The van der Waals surface area contributed by atoms with Crippen LogP contribution in [0.5, 0.6) is 0 Å². The molecule has 0 fully saturated rings. The van der Waals surface area contributed by atoms with Crippen LogP contribution in [-0.4, -0.2) is 4.57 Å². The second-order valence-electron chi connectivity index (χ2n) is 14.0. The van der Waals surface area contributed by atoms with E-state index in [-0.39, 0.29) is 0 Å². The maximum absolute atomic E-state index is 2.64. The van der Waals surface area contributed by atoms with Gasteiger partial charge < -0.3 is 0 Å². The van der Waals surface area contributed by atoms with Gasteiger partial charge in [-0.3, -0.25) is 0 Å². The summed E-state index contributed by atoms with van der Waals surface area (Å²) in [6.07, 6.45) is 0. The molecule has 0 aliphatic rings. The number of fused-ring (bicyclic) bond motifs is 10. The van der Waals surface area contributed by atoms with Crippen LogP contribution in [0, 0.1) is 6.92 Å². The van der Waals surface area contributed by atoms with Gasteiger partial charge in [0.2, 0.25) is 0 Å².